The highest BCUT2D eigenvalue weighted by Crippen LogP contribution is 2.36. The van der Waals surface area contributed by atoms with E-state index in [1.165, 1.54) is 5.56 Å². The Kier molecular flexibility index (Phi) is 3.49. The maximum absolute atomic E-state index is 9.20. The van der Waals surface area contributed by atoms with Crippen LogP contribution < -0.4 is 0 Å². The second-order valence-corrected chi connectivity index (χ2v) is 4.61. The standard InChI is InChI=1S/C13H18N2/c1-13(2,10-14)12(15(3)4)11-8-6-5-7-9-11/h5-9,12H,1-4H3. The van der Waals surface area contributed by atoms with Crippen molar-refractivity contribution in [2.45, 2.75) is 19.9 Å². The summed E-state index contributed by atoms with van der Waals surface area (Å²) >= 11 is 0. The Bertz CT molecular complexity index is 347. The minimum atomic E-state index is -0.384. The Hall–Kier alpha value is -1.33. The van der Waals surface area contributed by atoms with Crippen molar-refractivity contribution in [3.63, 3.8) is 0 Å². The van der Waals surface area contributed by atoms with E-state index in [-0.39, 0.29) is 11.5 Å². The lowest BCUT2D eigenvalue weighted by Crippen LogP contribution is -2.32. The van der Waals surface area contributed by atoms with E-state index in [0.717, 1.165) is 0 Å². The summed E-state index contributed by atoms with van der Waals surface area (Å²) in [6.07, 6.45) is 0. The van der Waals surface area contributed by atoms with E-state index < -0.39 is 0 Å². The van der Waals surface area contributed by atoms with Gasteiger partial charge >= 0.3 is 0 Å². The van der Waals surface area contributed by atoms with Crippen LogP contribution in [-0.2, 0) is 0 Å². The highest BCUT2D eigenvalue weighted by Gasteiger charge is 2.32. The number of hydrogen-bond acceptors (Lipinski definition) is 2. The molecule has 0 N–H and O–H groups in total. The predicted molar refractivity (Wildman–Crippen MR) is 62.3 cm³/mol. The number of hydrogen-bond donors (Lipinski definition) is 0. The third-order valence-electron chi connectivity index (χ3n) is 2.60. The van der Waals surface area contributed by atoms with Gasteiger partial charge in [0.25, 0.3) is 0 Å². The molecule has 0 amide bonds. The fourth-order valence-corrected chi connectivity index (χ4v) is 2.06. The first-order valence-electron chi connectivity index (χ1n) is 5.11. The first kappa shape index (κ1) is 11.7. The van der Waals surface area contributed by atoms with Crippen LogP contribution in [0.2, 0.25) is 0 Å². The SMILES string of the molecule is CN(C)C(c1ccccc1)C(C)(C)C#N. The number of benzene rings is 1. The summed E-state index contributed by atoms with van der Waals surface area (Å²) in [6.45, 7) is 3.95. The number of nitrogens with zero attached hydrogens (tertiary/aromatic N) is 2. The van der Waals surface area contributed by atoms with Crippen molar-refractivity contribution in [3.8, 4) is 6.07 Å². The zero-order valence-electron chi connectivity index (χ0n) is 9.86. The third-order valence-corrected chi connectivity index (χ3v) is 2.60. The van der Waals surface area contributed by atoms with Gasteiger partial charge in [0.1, 0.15) is 0 Å². The molecule has 0 spiro atoms. The third kappa shape index (κ3) is 2.57. The molecular formula is C13H18N2. The van der Waals surface area contributed by atoms with E-state index in [0.29, 0.717) is 0 Å². The molecule has 80 valence electrons. The molecule has 0 saturated heterocycles. The van der Waals surface area contributed by atoms with E-state index in [1.807, 2.05) is 46.1 Å². The number of rotatable bonds is 3. The molecule has 0 fully saturated rings. The minimum Gasteiger partial charge on any atom is -0.301 e. The summed E-state index contributed by atoms with van der Waals surface area (Å²) < 4.78 is 0. The highest BCUT2D eigenvalue weighted by atomic mass is 15.1. The Morgan fingerprint density at radius 2 is 1.73 bits per heavy atom. The van der Waals surface area contributed by atoms with Gasteiger partial charge in [-0.3, -0.25) is 0 Å². The lowest BCUT2D eigenvalue weighted by molar-refractivity contribution is 0.185. The van der Waals surface area contributed by atoms with E-state index in [4.69, 9.17) is 0 Å². The average molecular weight is 202 g/mol. The molecule has 1 aromatic rings. The fourth-order valence-electron chi connectivity index (χ4n) is 2.06. The lowest BCUT2D eigenvalue weighted by atomic mass is 9.81. The summed E-state index contributed by atoms with van der Waals surface area (Å²) in [5.41, 5.74) is 0.805. The topological polar surface area (TPSA) is 27.0 Å². The summed E-state index contributed by atoms with van der Waals surface area (Å²) in [6, 6.07) is 12.7. The molecule has 1 aromatic carbocycles. The van der Waals surface area contributed by atoms with Crippen LogP contribution in [0.5, 0.6) is 0 Å². The van der Waals surface area contributed by atoms with Crippen molar-refractivity contribution in [3.05, 3.63) is 35.9 Å². The zero-order chi connectivity index (χ0) is 11.5. The monoisotopic (exact) mass is 202 g/mol. The highest BCUT2D eigenvalue weighted by molar-refractivity contribution is 5.23. The molecule has 2 heteroatoms. The molecule has 0 aromatic heterocycles. The van der Waals surface area contributed by atoms with Crippen LogP contribution in [0.15, 0.2) is 30.3 Å². The Morgan fingerprint density at radius 1 is 1.20 bits per heavy atom. The quantitative estimate of drug-likeness (QED) is 0.753. The molecule has 0 aliphatic heterocycles. The Morgan fingerprint density at radius 3 is 2.13 bits per heavy atom. The van der Waals surface area contributed by atoms with Crippen molar-refractivity contribution < 1.29 is 0 Å². The van der Waals surface area contributed by atoms with Gasteiger partial charge in [-0.15, -0.1) is 0 Å². The summed E-state index contributed by atoms with van der Waals surface area (Å²) in [5, 5.41) is 9.20. The molecule has 2 nitrogen and oxygen atoms in total. The maximum Gasteiger partial charge on any atom is 0.0714 e. The van der Waals surface area contributed by atoms with Crippen LogP contribution in [0, 0.1) is 16.7 Å². The van der Waals surface area contributed by atoms with Gasteiger partial charge in [0.2, 0.25) is 0 Å². The van der Waals surface area contributed by atoms with Gasteiger partial charge < -0.3 is 4.90 Å². The zero-order valence-corrected chi connectivity index (χ0v) is 9.86. The van der Waals surface area contributed by atoms with Crippen LogP contribution in [-0.4, -0.2) is 19.0 Å². The molecule has 0 aliphatic carbocycles. The Labute approximate surface area is 92.1 Å². The van der Waals surface area contributed by atoms with Gasteiger partial charge in [-0.1, -0.05) is 30.3 Å². The van der Waals surface area contributed by atoms with Crippen LogP contribution in [0.25, 0.3) is 0 Å². The predicted octanol–water partition coefficient (Wildman–Crippen LogP) is 2.84. The molecule has 0 saturated carbocycles. The van der Waals surface area contributed by atoms with Crippen LogP contribution in [0.1, 0.15) is 25.5 Å². The second kappa shape index (κ2) is 4.46. The molecule has 0 aliphatic rings. The lowest BCUT2D eigenvalue weighted by Gasteiger charge is -2.34. The summed E-state index contributed by atoms with van der Waals surface area (Å²) in [5.74, 6) is 0. The van der Waals surface area contributed by atoms with Crippen molar-refractivity contribution in [2.75, 3.05) is 14.1 Å². The van der Waals surface area contributed by atoms with Gasteiger partial charge in [0, 0.05) is 0 Å². The minimum absolute atomic E-state index is 0.128. The second-order valence-electron chi connectivity index (χ2n) is 4.61. The van der Waals surface area contributed by atoms with E-state index >= 15 is 0 Å². The molecule has 15 heavy (non-hydrogen) atoms. The normalized spacial score (nSPS) is 13.6. The first-order chi connectivity index (χ1) is 6.99. The summed E-state index contributed by atoms with van der Waals surface area (Å²) in [4.78, 5) is 2.10. The number of nitriles is 1. The molecule has 1 atom stereocenters. The van der Waals surface area contributed by atoms with Crippen LogP contribution >= 0.6 is 0 Å². The van der Waals surface area contributed by atoms with Crippen molar-refractivity contribution in [1.82, 2.24) is 4.90 Å². The molecule has 0 heterocycles. The van der Waals surface area contributed by atoms with Crippen molar-refractivity contribution in [1.29, 1.82) is 5.26 Å². The van der Waals surface area contributed by atoms with Gasteiger partial charge in [-0.25, -0.2) is 0 Å². The molecule has 1 unspecified atom stereocenters. The maximum atomic E-state index is 9.20. The van der Waals surface area contributed by atoms with Gasteiger partial charge in [-0.2, -0.15) is 5.26 Å². The smallest absolute Gasteiger partial charge is 0.0714 e. The largest absolute Gasteiger partial charge is 0.301 e. The van der Waals surface area contributed by atoms with E-state index in [9.17, 15) is 5.26 Å². The first-order valence-corrected chi connectivity index (χ1v) is 5.11. The molecule has 0 radical (unpaired) electrons. The van der Waals surface area contributed by atoms with Crippen molar-refractivity contribution in [2.24, 2.45) is 5.41 Å². The van der Waals surface area contributed by atoms with Gasteiger partial charge in [-0.05, 0) is 33.5 Å². The molecule has 0 bridgehead atoms. The van der Waals surface area contributed by atoms with E-state index in [1.54, 1.807) is 0 Å². The van der Waals surface area contributed by atoms with Crippen molar-refractivity contribution >= 4 is 0 Å². The van der Waals surface area contributed by atoms with Gasteiger partial charge in [0.05, 0.1) is 17.5 Å². The van der Waals surface area contributed by atoms with E-state index in [2.05, 4.69) is 23.1 Å². The van der Waals surface area contributed by atoms with Crippen LogP contribution in [0.3, 0.4) is 0 Å². The molecule has 1 rings (SSSR count). The Balaban J connectivity index is 3.11. The summed E-state index contributed by atoms with van der Waals surface area (Å²) in [7, 11) is 4.02. The fraction of sp³-hybridized carbons (Fsp3) is 0.462. The van der Waals surface area contributed by atoms with Crippen LogP contribution in [0.4, 0.5) is 0 Å². The molecular weight excluding hydrogens is 184 g/mol. The average Bonchev–Trinajstić information content (AvgIpc) is 2.18. The van der Waals surface area contributed by atoms with Gasteiger partial charge in [0.15, 0.2) is 0 Å².